The number of hydrogen-bond donors (Lipinski definition) is 1. The average molecular weight is 293 g/mol. The number of nitrogens with one attached hydrogen (secondary N) is 1. The fraction of sp³-hybridized carbons (Fsp3) is 0.467. The minimum absolute atomic E-state index is 0.310. The van der Waals surface area contributed by atoms with Crippen LogP contribution in [0.2, 0.25) is 0 Å². The summed E-state index contributed by atoms with van der Waals surface area (Å²) in [5, 5.41) is 5.25. The maximum absolute atomic E-state index is 6.12. The predicted octanol–water partition coefficient (Wildman–Crippen LogP) is 3.85. The van der Waals surface area contributed by atoms with Crippen molar-refractivity contribution < 1.29 is 4.42 Å². The third-order valence-corrected chi connectivity index (χ3v) is 6.45. The van der Waals surface area contributed by atoms with Gasteiger partial charge in [0.25, 0.3) is 0 Å². The van der Waals surface area contributed by atoms with Crippen molar-refractivity contribution in [1.29, 1.82) is 0 Å². The first-order valence-corrected chi connectivity index (χ1v) is 8.85. The summed E-state index contributed by atoms with van der Waals surface area (Å²) in [4.78, 5) is 0. The highest BCUT2D eigenvalue weighted by molar-refractivity contribution is 8.06. The van der Waals surface area contributed by atoms with Gasteiger partial charge in [0.15, 0.2) is 0 Å². The Hall–Kier alpha value is -0.580. The van der Waals surface area contributed by atoms with Crippen LogP contribution in [0.4, 0.5) is 0 Å². The van der Waals surface area contributed by atoms with Gasteiger partial charge in [0.2, 0.25) is 0 Å². The van der Waals surface area contributed by atoms with E-state index in [4.69, 9.17) is 4.42 Å². The van der Waals surface area contributed by atoms with E-state index < -0.39 is 0 Å². The number of fused-ring (bicyclic) bond motifs is 1. The van der Waals surface area contributed by atoms with E-state index in [2.05, 4.69) is 48.3 Å². The van der Waals surface area contributed by atoms with E-state index in [1.54, 1.807) is 0 Å². The van der Waals surface area contributed by atoms with Gasteiger partial charge >= 0.3 is 0 Å². The molecule has 0 spiro atoms. The third-order valence-electron chi connectivity index (χ3n) is 3.59. The highest BCUT2D eigenvalue weighted by Crippen LogP contribution is 2.36. The molecule has 1 fully saturated rings. The van der Waals surface area contributed by atoms with Crippen LogP contribution >= 0.6 is 23.5 Å². The molecule has 1 aliphatic heterocycles. The quantitative estimate of drug-likeness (QED) is 0.929. The zero-order valence-corrected chi connectivity index (χ0v) is 12.9. The molecule has 1 saturated heterocycles. The third kappa shape index (κ3) is 2.67. The van der Waals surface area contributed by atoms with E-state index in [1.807, 2.05) is 18.8 Å². The molecule has 1 N–H and O–H groups in total. The Labute approximate surface area is 122 Å². The number of hydrogen-bond acceptors (Lipinski definition) is 4. The van der Waals surface area contributed by atoms with Crippen molar-refractivity contribution in [3.05, 3.63) is 35.6 Å². The monoisotopic (exact) mass is 293 g/mol. The smallest absolute Gasteiger partial charge is 0.137 e. The Morgan fingerprint density at radius 3 is 2.95 bits per heavy atom. The molecule has 19 heavy (non-hydrogen) atoms. The molecule has 1 aromatic heterocycles. The van der Waals surface area contributed by atoms with Gasteiger partial charge in [0.1, 0.15) is 11.3 Å². The normalized spacial score (nSPS) is 21.7. The molecule has 0 aliphatic carbocycles. The summed E-state index contributed by atoms with van der Waals surface area (Å²) >= 11 is 4.11. The van der Waals surface area contributed by atoms with Crippen LogP contribution in [0.3, 0.4) is 0 Å². The molecule has 4 heteroatoms. The van der Waals surface area contributed by atoms with E-state index in [0.717, 1.165) is 11.3 Å². The van der Waals surface area contributed by atoms with Crippen LogP contribution in [0.1, 0.15) is 17.4 Å². The highest BCUT2D eigenvalue weighted by atomic mass is 32.2. The van der Waals surface area contributed by atoms with Crippen molar-refractivity contribution in [2.24, 2.45) is 0 Å². The van der Waals surface area contributed by atoms with Gasteiger partial charge in [-0.25, -0.2) is 0 Å². The standard InChI is InChI=1S/C15H19NOS2/c1-10-4-3-5-11-8-12(17-15(10)11)14(16-2)13-9-18-6-7-19-13/h3-5,8,13-14,16H,6-7,9H2,1-2H3. The maximum Gasteiger partial charge on any atom is 0.137 e. The molecule has 0 amide bonds. The SMILES string of the molecule is CNC(c1cc2cccc(C)c2o1)C1CSCCS1. The zero-order chi connectivity index (χ0) is 13.2. The summed E-state index contributed by atoms with van der Waals surface area (Å²) in [5.74, 6) is 4.79. The van der Waals surface area contributed by atoms with Gasteiger partial charge in [0, 0.05) is 27.9 Å². The molecule has 2 unspecified atom stereocenters. The fourth-order valence-electron chi connectivity index (χ4n) is 2.59. The van der Waals surface area contributed by atoms with Crippen molar-refractivity contribution in [3.63, 3.8) is 0 Å². The van der Waals surface area contributed by atoms with Crippen molar-refractivity contribution in [3.8, 4) is 0 Å². The lowest BCUT2D eigenvalue weighted by atomic mass is 10.1. The van der Waals surface area contributed by atoms with Gasteiger partial charge < -0.3 is 9.73 Å². The number of rotatable bonds is 3. The van der Waals surface area contributed by atoms with E-state index in [1.165, 1.54) is 28.2 Å². The minimum atomic E-state index is 0.310. The van der Waals surface area contributed by atoms with Crippen LogP contribution in [-0.2, 0) is 0 Å². The Balaban J connectivity index is 1.94. The lowest BCUT2D eigenvalue weighted by Crippen LogP contribution is -2.31. The van der Waals surface area contributed by atoms with Crippen molar-refractivity contribution in [1.82, 2.24) is 5.32 Å². The number of thioether (sulfide) groups is 2. The Morgan fingerprint density at radius 2 is 2.26 bits per heavy atom. The molecular formula is C15H19NOS2. The van der Waals surface area contributed by atoms with Crippen molar-refractivity contribution in [2.75, 3.05) is 24.3 Å². The Morgan fingerprint density at radius 1 is 1.37 bits per heavy atom. The molecule has 2 heterocycles. The molecule has 3 rings (SSSR count). The van der Waals surface area contributed by atoms with Crippen LogP contribution in [0, 0.1) is 6.92 Å². The number of furan rings is 1. The van der Waals surface area contributed by atoms with Gasteiger partial charge in [0.05, 0.1) is 6.04 Å². The van der Waals surface area contributed by atoms with Gasteiger partial charge in [-0.1, -0.05) is 18.2 Å². The van der Waals surface area contributed by atoms with Crippen LogP contribution in [0.25, 0.3) is 11.0 Å². The topological polar surface area (TPSA) is 25.2 Å². The van der Waals surface area contributed by atoms with E-state index in [9.17, 15) is 0 Å². The lowest BCUT2D eigenvalue weighted by molar-refractivity contribution is 0.451. The maximum atomic E-state index is 6.12. The van der Waals surface area contributed by atoms with Crippen molar-refractivity contribution >= 4 is 34.5 Å². The molecule has 1 aromatic carbocycles. The van der Waals surface area contributed by atoms with Crippen LogP contribution < -0.4 is 5.32 Å². The highest BCUT2D eigenvalue weighted by Gasteiger charge is 2.27. The van der Waals surface area contributed by atoms with Gasteiger partial charge in [-0.3, -0.25) is 0 Å². The fourth-order valence-corrected chi connectivity index (χ4v) is 5.48. The molecule has 2 aromatic rings. The van der Waals surface area contributed by atoms with E-state index >= 15 is 0 Å². The van der Waals surface area contributed by atoms with Crippen LogP contribution in [-0.4, -0.2) is 29.6 Å². The van der Waals surface area contributed by atoms with Gasteiger partial charge in [-0.2, -0.15) is 23.5 Å². The molecule has 0 radical (unpaired) electrons. The van der Waals surface area contributed by atoms with E-state index in [0.29, 0.717) is 11.3 Å². The molecular weight excluding hydrogens is 274 g/mol. The Bertz CT molecular complexity index is 560. The summed E-state index contributed by atoms with van der Waals surface area (Å²) in [7, 11) is 2.03. The number of benzene rings is 1. The van der Waals surface area contributed by atoms with Gasteiger partial charge in [-0.05, 0) is 25.6 Å². The first-order chi connectivity index (χ1) is 9.29. The first-order valence-electron chi connectivity index (χ1n) is 6.65. The van der Waals surface area contributed by atoms with Crippen molar-refractivity contribution in [2.45, 2.75) is 18.2 Å². The summed E-state index contributed by atoms with van der Waals surface area (Å²) in [6, 6.07) is 8.84. The summed E-state index contributed by atoms with van der Waals surface area (Å²) in [5.41, 5.74) is 2.25. The molecule has 0 saturated carbocycles. The lowest BCUT2D eigenvalue weighted by Gasteiger charge is -2.27. The predicted molar refractivity (Wildman–Crippen MR) is 86.3 cm³/mol. The second-order valence-corrected chi connectivity index (χ2v) is 7.39. The van der Waals surface area contributed by atoms with Crippen LogP contribution in [0.5, 0.6) is 0 Å². The molecule has 2 nitrogen and oxygen atoms in total. The second-order valence-electron chi connectivity index (χ2n) is 4.89. The Kier molecular flexibility index (Phi) is 4.10. The minimum Gasteiger partial charge on any atom is -0.459 e. The van der Waals surface area contributed by atoms with E-state index in [-0.39, 0.29) is 0 Å². The summed E-state index contributed by atoms with van der Waals surface area (Å²) in [6.07, 6.45) is 0. The number of aryl methyl sites for hydroxylation is 1. The summed E-state index contributed by atoms with van der Waals surface area (Å²) < 4.78 is 6.12. The largest absolute Gasteiger partial charge is 0.459 e. The van der Waals surface area contributed by atoms with Gasteiger partial charge in [-0.15, -0.1) is 0 Å². The zero-order valence-electron chi connectivity index (χ0n) is 11.3. The summed E-state index contributed by atoms with van der Waals surface area (Å²) in [6.45, 7) is 2.11. The average Bonchev–Trinajstić information content (AvgIpc) is 2.86. The second kappa shape index (κ2) is 5.81. The number of para-hydroxylation sites is 1. The van der Waals surface area contributed by atoms with Crippen LogP contribution in [0.15, 0.2) is 28.7 Å². The molecule has 0 bridgehead atoms. The molecule has 1 aliphatic rings. The first kappa shape index (κ1) is 13.4. The molecule has 2 atom stereocenters. The molecule has 102 valence electrons.